The van der Waals surface area contributed by atoms with E-state index in [9.17, 15) is 4.79 Å². The first kappa shape index (κ1) is 22.7. The topological polar surface area (TPSA) is 17.1 Å². The van der Waals surface area contributed by atoms with Gasteiger partial charge in [-0.25, -0.2) is 0 Å². The number of rotatable bonds is 6. The summed E-state index contributed by atoms with van der Waals surface area (Å²) < 4.78 is 0.911. The van der Waals surface area contributed by atoms with E-state index in [4.69, 9.17) is 11.6 Å². The van der Waals surface area contributed by atoms with E-state index in [0.717, 1.165) is 45.8 Å². The summed E-state index contributed by atoms with van der Waals surface area (Å²) in [4.78, 5) is 13.0. The van der Waals surface area contributed by atoms with Crippen molar-refractivity contribution >= 4 is 17.4 Å². The van der Waals surface area contributed by atoms with Gasteiger partial charge in [-0.05, 0) is 61.9 Å². The summed E-state index contributed by atoms with van der Waals surface area (Å²) in [5.41, 5.74) is 4.73. The van der Waals surface area contributed by atoms with Gasteiger partial charge in [-0.15, -0.1) is 0 Å². The number of aryl methyl sites for hydroxylation is 2. The number of quaternary nitrogens is 1. The second-order valence-electron chi connectivity index (χ2n) is 7.88. The first-order valence-corrected chi connectivity index (χ1v) is 10.0. The average Bonchev–Trinajstić information content (AvgIpc) is 2.59. The number of carbonyl (C=O) groups is 1. The third-order valence-corrected chi connectivity index (χ3v) is 5.89. The van der Waals surface area contributed by atoms with Gasteiger partial charge in [-0.3, -0.25) is 4.79 Å². The van der Waals surface area contributed by atoms with Gasteiger partial charge in [0.2, 0.25) is 0 Å². The number of piperidine rings is 1. The summed E-state index contributed by atoms with van der Waals surface area (Å²) in [7, 11) is 0. The number of benzene rings is 2. The molecule has 0 N–H and O–H groups in total. The number of likely N-dealkylation sites (tertiary alicyclic amines) is 1. The van der Waals surface area contributed by atoms with E-state index in [1.807, 2.05) is 12.1 Å². The van der Waals surface area contributed by atoms with Crippen LogP contribution in [-0.2, 0) is 50.5 Å². The molecule has 0 amide bonds. The zero-order valence-electron chi connectivity index (χ0n) is 16.5. The molecule has 2 aromatic rings. The fourth-order valence-corrected chi connectivity index (χ4v) is 4.70. The Balaban J connectivity index is 0.00000261. The first-order valence-electron chi connectivity index (χ1n) is 9.64. The number of Topliss-reactive ketones (excluding diaryl/α,β-unsaturated/α-hetero) is 1. The minimum Gasteiger partial charge on any atom is -0.314 e. The van der Waals surface area contributed by atoms with Gasteiger partial charge >= 0.3 is 0 Å². The maximum Gasteiger partial charge on any atom is 0.191 e. The van der Waals surface area contributed by atoms with Crippen molar-refractivity contribution in [2.24, 2.45) is 0 Å². The number of ketones is 1. The largest absolute Gasteiger partial charge is 0.314 e. The molecule has 1 aliphatic heterocycles. The van der Waals surface area contributed by atoms with Gasteiger partial charge in [0.05, 0.1) is 13.1 Å². The van der Waals surface area contributed by atoms with Crippen molar-refractivity contribution in [1.82, 2.24) is 0 Å². The predicted octanol–water partition coefficient (Wildman–Crippen LogP) is 5.27. The molecule has 0 atom stereocenters. The summed E-state index contributed by atoms with van der Waals surface area (Å²) in [6.07, 6.45) is 4.25. The van der Waals surface area contributed by atoms with Crippen molar-refractivity contribution in [3.05, 3.63) is 69.7 Å². The van der Waals surface area contributed by atoms with Gasteiger partial charge in [0.1, 0.15) is 13.1 Å². The molecule has 1 saturated heterocycles. The van der Waals surface area contributed by atoms with E-state index >= 15 is 0 Å². The van der Waals surface area contributed by atoms with E-state index in [-0.39, 0.29) is 32.7 Å². The molecule has 2 nitrogen and oxygen atoms in total. The molecule has 141 valence electrons. The first-order chi connectivity index (χ1) is 12.5. The molecule has 0 aliphatic carbocycles. The Bertz CT molecular complexity index is 746. The van der Waals surface area contributed by atoms with Gasteiger partial charge in [0.15, 0.2) is 5.78 Å². The number of halogens is 1. The Kier molecular flexibility index (Phi) is 8.68. The van der Waals surface area contributed by atoms with Gasteiger partial charge in [-0.1, -0.05) is 41.9 Å². The average molecular weight is 460 g/mol. The molecule has 0 unspecified atom stereocenters. The van der Waals surface area contributed by atoms with Gasteiger partial charge in [-0.2, -0.15) is 0 Å². The summed E-state index contributed by atoms with van der Waals surface area (Å²) in [6.45, 7) is 7.92. The summed E-state index contributed by atoms with van der Waals surface area (Å²) >= 11 is 6.14. The quantitative estimate of drug-likeness (QED) is 0.538. The predicted molar refractivity (Wildman–Crippen MR) is 108 cm³/mol. The number of carbonyl (C=O) groups excluding carboxylic acids is 1. The number of hydrogen-bond acceptors (Lipinski definition) is 1. The van der Waals surface area contributed by atoms with Gasteiger partial charge < -0.3 is 4.48 Å². The Morgan fingerprint density at radius 2 is 1.59 bits per heavy atom. The fourth-order valence-electron chi connectivity index (χ4n) is 4.37. The van der Waals surface area contributed by atoms with Crippen LogP contribution in [0.4, 0.5) is 0 Å². The molecule has 27 heavy (non-hydrogen) atoms. The molecular formula is C23H29ClNOY+. The zero-order valence-corrected chi connectivity index (χ0v) is 20.1. The van der Waals surface area contributed by atoms with E-state index in [0.29, 0.717) is 18.7 Å². The van der Waals surface area contributed by atoms with E-state index in [1.54, 1.807) is 0 Å². The Labute approximate surface area is 193 Å². The standard InChI is InChI=1S/C23H29ClNO.Y/c1-18-13-21(24)14-19(2)23(18)15-22(26)17-25(11-7-4-8-12-25)16-20-9-5-3-6-10-20;/h3,5-6,9-10,13-14H,4,7-8,11-12,15-17H2,1-2H3;/q+1;. The van der Waals surface area contributed by atoms with E-state index in [2.05, 4.69) is 44.2 Å². The summed E-state index contributed by atoms with van der Waals surface area (Å²) in [5, 5.41) is 0.750. The van der Waals surface area contributed by atoms with E-state index < -0.39 is 0 Å². The number of nitrogens with zero attached hydrogens (tertiary/aromatic N) is 1. The van der Waals surface area contributed by atoms with Crippen LogP contribution in [-0.4, -0.2) is 29.9 Å². The molecule has 0 bridgehead atoms. The van der Waals surface area contributed by atoms with Crippen LogP contribution in [0.1, 0.15) is 41.5 Å². The molecule has 1 heterocycles. The van der Waals surface area contributed by atoms with Gasteiger partial charge in [0, 0.05) is 49.7 Å². The zero-order chi connectivity index (χ0) is 18.6. The van der Waals surface area contributed by atoms with Crippen LogP contribution in [0.3, 0.4) is 0 Å². The maximum atomic E-state index is 13.0. The van der Waals surface area contributed by atoms with Crippen LogP contribution in [0, 0.1) is 13.8 Å². The van der Waals surface area contributed by atoms with Crippen molar-refractivity contribution in [2.75, 3.05) is 19.6 Å². The molecule has 2 aromatic carbocycles. The second-order valence-corrected chi connectivity index (χ2v) is 8.32. The third kappa shape index (κ3) is 6.22. The van der Waals surface area contributed by atoms with Crippen LogP contribution in [0.5, 0.6) is 0 Å². The van der Waals surface area contributed by atoms with Crippen LogP contribution < -0.4 is 0 Å². The van der Waals surface area contributed by atoms with Gasteiger partial charge in [0.25, 0.3) is 0 Å². The maximum absolute atomic E-state index is 13.0. The molecule has 1 fully saturated rings. The Hall–Kier alpha value is -0.536. The SMILES string of the molecule is Cc1cc(Cl)cc(C)c1CC(=O)C[N+]1(Cc2ccccc2)CCCCC1.[Y]. The Morgan fingerprint density at radius 3 is 2.19 bits per heavy atom. The molecular weight excluding hydrogens is 431 g/mol. The normalized spacial score (nSPS) is 15.8. The van der Waals surface area contributed by atoms with Crippen molar-refractivity contribution < 1.29 is 42.0 Å². The van der Waals surface area contributed by atoms with Crippen molar-refractivity contribution in [3.63, 3.8) is 0 Å². The molecule has 4 heteroatoms. The van der Waals surface area contributed by atoms with E-state index in [1.165, 1.54) is 24.8 Å². The molecule has 1 aliphatic rings. The smallest absolute Gasteiger partial charge is 0.191 e. The van der Waals surface area contributed by atoms with Crippen LogP contribution in [0.25, 0.3) is 0 Å². The number of hydrogen-bond donors (Lipinski definition) is 0. The Morgan fingerprint density at radius 1 is 1.00 bits per heavy atom. The summed E-state index contributed by atoms with van der Waals surface area (Å²) in [6, 6.07) is 14.6. The minimum atomic E-state index is 0. The van der Waals surface area contributed by atoms with Crippen LogP contribution in [0.15, 0.2) is 42.5 Å². The molecule has 0 aromatic heterocycles. The van der Waals surface area contributed by atoms with Crippen LogP contribution in [0.2, 0.25) is 5.02 Å². The van der Waals surface area contributed by atoms with Crippen LogP contribution >= 0.6 is 11.6 Å². The molecule has 0 saturated carbocycles. The third-order valence-electron chi connectivity index (χ3n) is 5.67. The van der Waals surface area contributed by atoms with Crippen molar-refractivity contribution in [1.29, 1.82) is 0 Å². The summed E-state index contributed by atoms with van der Waals surface area (Å²) in [5.74, 6) is 0.344. The van der Waals surface area contributed by atoms with Crippen molar-refractivity contribution in [2.45, 2.75) is 46.1 Å². The molecule has 1 radical (unpaired) electrons. The monoisotopic (exact) mass is 459 g/mol. The molecule has 0 spiro atoms. The second kappa shape index (κ2) is 10.3. The molecule has 3 rings (SSSR count). The minimum absolute atomic E-state index is 0. The fraction of sp³-hybridized carbons (Fsp3) is 0.435. The van der Waals surface area contributed by atoms with Crippen molar-refractivity contribution in [3.8, 4) is 0 Å².